The summed E-state index contributed by atoms with van der Waals surface area (Å²) in [4.78, 5) is 23.9. The Kier molecular flexibility index (Phi) is 5.62. The van der Waals surface area contributed by atoms with Gasteiger partial charge < -0.3 is 9.30 Å². The number of hydrogen-bond acceptors (Lipinski definition) is 5. The van der Waals surface area contributed by atoms with Crippen LogP contribution >= 0.6 is 0 Å². The van der Waals surface area contributed by atoms with Gasteiger partial charge in [-0.1, -0.05) is 42.5 Å². The summed E-state index contributed by atoms with van der Waals surface area (Å²) in [6.07, 6.45) is 3.42. The summed E-state index contributed by atoms with van der Waals surface area (Å²) < 4.78 is 7.35. The highest BCUT2D eigenvalue weighted by Gasteiger charge is 2.24. The number of methoxy groups -OCH3 is 1. The molecule has 3 aromatic heterocycles. The third-order valence-corrected chi connectivity index (χ3v) is 6.53. The molecular formula is C31H24N4O2. The third kappa shape index (κ3) is 3.79. The van der Waals surface area contributed by atoms with Gasteiger partial charge in [0.25, 0.3) is 0 Å². The van der Waals surface area contributed by atoms with Crippen LogP contribution in [-0.2, 0) is 4.74 Å². The van der Waals surface area contributed by atoms with Crippen LogP contribution in [-0.4, -0.2) is 27.6 Å². The molecule has 0 spiro atoms. The molecule has 3 aromatic carbocycles. The minimum atomic E-state index is -0.455. The van der Waals surface area contributed by atoms with Gasteiger partial charge in [0, 0.05) is 34.5 Å². The van der Waals surface area contributed by atoms with Crippen molar-refractivity contribution in [3.05, 3.63) is 121 Å². The number of pyridine rings is 2. The van der Waals surface area contributed by atoms with Crippen LogP contribution in [0, 0.1) is 6.92 Å². The standard InChI is InChI=1S/C31H24N4O2/c1-21-10-8-18-32-29(21)35(30-25(31(36)37-2)14-9-19-33-30)23-16-17-28-26(20-23)24-13-6-7-15-27(24)34(28)22-11-4-3-5-12-22/h3-20H,1-2H3. The smallest absolute Gasteiger partial charge is 0.341 e. The SMILES string of the molecule is COC(=O)c1cccnc1N(c1ccc2c(c1)c1ccccc1n2-c1ccccc1)c1ncccc1C. The number of hydrogen-bond donors (Lipinski definition) is 0. The van der Waals surface area contributed by atoms with Crippen LogP contribution in [0.1, 0.15) is 15.9 Å². The average Bonchev–Trinajstić information content (AvgIpc) is 3.28. The lowest BCUT2D eigenvalue weighted by atomic mass is 10.1. The average molecular weight is 485 g/mol. The maximum Gasteiger partial charge on any atom is 0.341 e. The Hall–Kier alpha value is -4.97. The van der Waals surface area contributed by atoms with E-state index in [0.29, 0.717) is 17.2 Å². The molecule has 0 saturated heterocycles. The van der Waals surface area contributed by atoms with Crippen LogP contribution < -0.4 is 4.90 Å². The van der Waals surface area contributed by atoms with E-state index in [1.165, 1.54) is 7.11 Å². The molecule has 6 rings (SSSR count). The summed E-state index contributed by atoms with van der Waals surface area (Å²) in [5, 5.41) is 2.22. The largest absolute Gasteiger partial charge is 0.465 e. The van der Waals surface area contributed by atoms with Gasteiger partial charge in [-0.05, 0) is 67.1 Å². The molecule has 0 unspecified atom stereocenters. The zero-order valence-electron chi connectivity index (χ0n) is 20.5. The number of esters is 1. The fraction of sp³-hybridized carbons (Fsp3) is 0.0645. The number of carbonyl (C=O) groups is 1. The third-order valence-electron chi connectivity index (χ3n) is 6.53. The summed E-state index contributed by atoms with van der Waals surface area (Å²) >= 11 is 0. The van der Waals surface area contributed by atoms with Gasteiger partial charge in [0.2, 0.25) is 0 Å². The van der Waals surface area contributed by atoms with Crippen molar-refractivity contribution >= 4 is 45.1 Å². The van der Waals surface area contributed by atoms with Crippen LogP contribution in [0.25, 0.3) is 27.5 Å². The second-order valence-corrected chi connectivity index (χ2v) is 8.74. The monoisotopic (exact) mass is 484 g/mol. The molecule has 0 aliphatic rings. The first-order chi connectivity index (χ1) is 18.2. The number of rotatable bonds is 5. The first kappa shape index (κ1) is 22.5. The van der Waals surface area contributed by atoms with Gasteiger partial charge in [-0.15, -0.1) is 0 Å². The number of aryl methyl sites for hydroxylation is 1. The van der Waals surface area contributed by atoms with Crippen molar-refractivity contribution in [2.45, 2.75) is 6.92 Å². The maximum absolute atomic E-state index is 12.7. The van der Waals surface area contributed by atoms with Crippen LogP contribution in [0.4, 0.5) is 17.3 Å². The van der Waals surface area contributed by atoms with Crippen LogP contribution in [0.2, 0.25) is 0 Å². The van der Waals surface area contributed by atoms with E-state index < -0.39 is 5.97 Å². The second-order valence-electron chi connectivity index (χ2n) is 8.74. The minimum Gasteiger partial charge on any atom is -0.465 e. The van der Waals surface area contributed by atoms with Gasteiger partial charge in [-0.2, -0.15) is 0 Å². The number of fused-ring (bicyclic) bond motifs is 3. The van der Waals surface area contributed by atoms with Crippen molar-refractivity contribution in [1.29, 1.82) is 0 Å². The molecule has 37 heavy (non-hydrogen) atoms. The molecule has 6 heteroatoms. The van der Waals surface area contributed by atoms with Gasteiger partial charge in [0.05, 0.1) is 18.1 Å². The Morgan fingerprint density at radius 1 is 0.757 bits per heavy atom. The Labute approximate surface area is 214 Å². The van der Waals surface area contributed by atoms with Crippen molar-refractivity contribution < 1.29 is 9.53 Å². The van der Waals surface area contributed by atoms with Gasteiger partial charge in [0.1, 0.15) is 11.4 Å². The van der Waals surface area contributed by atoms with Crippen molar-refractivity contribution in [2.75, 3.05) is 12.0 Å². The van der Waals surface area contributed by atoms with Crippen molar-refractivity contribution in [3.63, 3.8) is 0 Å². The summed E-state index contributed by atoms with van der Waals surface area (Å²) in [5.41, 5.74) is 5.46. The molecule has 0 bridgehead atoms. The summed E-state index contributed by atoms with van der Waals surface area (Å²) in [6, 6.07) is 32.4. The number of anilines is 3. The molecule has 0 aliphatic carbocycles. The number of aromatic nitrogens is 3. The quantitative estimate of drug-likeness (QED) is 0.243. The first-order valence-electron chi connectivity index (χ1n) is 12.0. The summed E-state index contributed by atoms with van der Waals surface area (Å²) in [5.74, 6) is 0.697. The highest BCUT2D eigenvalue weighted by atomic mass is 16.5. The summed E-state index contributed by atoms with van der Waals surface area (Å²) in [7, 11) is 1.37. The van der Waals surface area contributed by atoms with Gasteiger partial charge in [-0.3, -0.25) is 4.90 Å². The number of para-hydroxylation sites is 2. The Bertz CT molecular complexity index is 1760. The van der Waals surface area contributed by atoms with Crippen LogP contribution in [0.5, 0.6) is 0 Å². The fourth-order valence-corrected chi connectivity index (χ4v) is 4.86. The predicted octanol–water partition coefficient (Wildman–Crippen LogP) is 7.14. The molecule has 0 amide bonds. The highest BCUT2D eigenvalue weighted by molar-refractivity contribution is 6.11. The highest BCUT2D eigenvalue weighted by Crippen LogP contribution is 2.40. The van der Waals surface area contributed by atoms with Gasteiger partial charge >= 0.3 is 5.97 Å². The van der Waals surface area contributed by atoms with Gasteiger partial charge in [0.15, 0.2) is 5.82 Å². The van der Waals surface area contributed by atoms with E-state index in [1.54, 1.807) is 24.5 Å². The van der Waals surface area contributed by atoms with E-state index in [1.807, 2.05) is 48.2 Å². The number of ether oxygens (including phenoxy) is 1. The lowest BCUT2D eigenvalue weighted by molar-refractivity contribution is 0.0601. The van der Waals surface area contributed by atoms with Crippen LogP contribution in [0.3, 0.4) is 0 Å². The van der Waals surface area contributed by atoms with E-state index >= 15 is 0 Å². The molecule has 0 aliphatic heterocycles. The fourth-order valence-electron chi connectivity index (χ4n) is 4.86. The van der Waals surface area contributed by atoms with E-state index in [4.69, 9.17) is 4.74 Å². The molecule has 0 fully saturated rings. The van der Waals surface area contributed by atoms with Crippen LogP contribution in [0.15, 0.2) is 109 Å². The molecule has 3 heterocycles. The number of carbonyl (C=O) groups excluding carboxylic acids is 1. The second kappa shape index (κ2) is 9.24. The Morgan fingerprint density at radius 2 is 1.46 bits per heavy atom. The molecule has 0 radical (unpaired) electrons. The molecule has 0 N–H and O–H groups in total. The van der Waals surface area contributed by atoms with Crippen molar-refractivity contribution in [1.82, 2.24) is 14.5 Å². The Balaban J connectivity index is 1.65. The van der Waals surface area contributed by atoms with E-state index in [2.05, 4.69) is 63.1 Å². The van der Waals surface area contributed by atoms with E-state index in [9.17, 15) is 4.79 Å². The molecule has 6 aromatic rings. The normalized spacial score (nSPS) is 11.1. The first-order valence-corrected chi connectivity index (χ1v) is 12.0. The predicted molar refractivity (Wildman–Crippen MR) is 147 cm³/mol. The minimum absolute atomic E-state index is 0.363. The van der Waals surface area contributed by atoms with Gasteiger partial charge in [-0.25, -0.2) is 14.8 Å². The molecule has 0 atom stereocenters. The topological polar surface area (TPSA) is 60.2 Å². The zero-order chi connectivity index (χ0) is 25.4. The molecule has 0 saturated carbocycles. The number of nitrogens with zero attached hydrogens (tertiary/aromatic N) is 4. The van der Waals surface area contributed by atoms with Crippen molar-refractivity contribution in [2.24, 2.45) is 0 Å². The summed E-state index contributed by atoms with van der Waals surface area (Å²) in [6.45, 7) is 2.00. The molecule has 180 valence electrons. The zero-order valence-corrected chi connectivity index (χ0v) is 20.5. The van der Waals surface area contributed by atoms with E-state index in [-0.39, 0.29) is 0 Å². The lowest BCUT2D eigenvalue weighted by Gasteiger charge is -2.26. The lowest BCUT2D eigenvalue weighted by Crippen LogP contribution is -2.18. The molecule has 6 nitrogen and oxygen atoms in total. The molecular weight excluding hydrogens is 460 g/mol. The van der Waals surface area contributed by atoms with Crippen molar-refractivity contribution in [3.8, 4) is 5.69 Å². The number of benzene rings is 3. The Morgan fingerprint density at radius 3 is 2.24 bits per heavy atom. The van der Waals surface area contributed by atoms with E-state index in [0.717, 1.165) is 38.7 Å². The maximum atomic E-state index is 12.7.